The maximum absolute atomic E-state index is 13.1. The standard InChI is InChI=1S/C14H17F3N2/c15-14(16,17)12-3-1-2-4-13(12)19-8-7-10-5-6-11(9-19)18-10/h1-4,10-11,18H,5-9H2. The molecule has 0 aliphatic carbocycles. The molecule has 1 N–H and O–H groups in total. The molecule has 19 heavy (non-hydrogen) atoms. The summed E-state index contributed by atoms with van der Waals surface area (Å²) in [5.41, 5.74) is -0.197. The molecule has 0 aromatic heterocycles. The van der Waals surface area contributed by atoms with Crippen molar-refractivity contribution < 1.29 is 13.2 Å². The van der Waals surface area contributed by atoms with Gasteiger partial charge in [0.1, 0.15) is 0 Å². The van der Waals surface area contributed by atoms with Gasteiger partial charge in [-0.1, -0.05) is 12.1 Å². The van der Waals surface area contributed by atoms with Crippen molar-refractivity contribution in [3.05, 3.63) is 29.8 Å². The fourth-order valence-corrected chi connectivity index (χ4v) is 3.15. The Bertz CT molecular complexity index is 458. The number of anilines is 1. The smallest absolute Gasteiger partial charge is 0.369 e. The molecule has 0 spiro atoms. The van der Waals surface area contributed by atoms with Crippen LogP contribution in [0.1, 0.15) is 24.8 Å². The first-order valence-electron chi connectivity index (χ1n) is 6.71. The van der Waals surface area contributed by atoms with E-state index in [9.17, 15) is 13.2 Å². The first kappa shape index (κ1) is 12.8. The Labute approximate surface area is 110 Å². The summed E-state index contributed by atoms with van der Waals surface area (Å²) in [7, 11) is 0. The number of fused-ring (bicyclic) bond motifs is 2. The summed E-state index contributed by atoms with van der Waals surface area (Å²) in [5.74, 6) is 0. The minimum Gasteiger partial charge on any atom is -0.369 e. The zero-order valence-corrected chi connectivity index (χ0v) is 10.6. The highest BCUT2D eigenvalue weighted by Crippen LogP contribution is 2.37. The predicted molar refractivity (Wildman–Crippen MR) is 68.2 cm³/mol. The summed E-state index contributed by atoms with van der Waals surface area (Å²) >= 11 is 0. The van der Waals surface area contributed by atoms with Gasteiger partial charge in [-0.2, -0.15) is 13.2 Å². The lowest BCUT2D eigenvalue weighted by atomic mass is 10.1. The van der Waals surface area contributed by atoms with Crippen molar-refractivity contribution in [3.63, 3.8) is 0 Å². The van der Waals surface area contributed by atoms with Gasteiger partial charge in [-0.25, -0.2) is 0 Å². The van der Waals surface area contributed by atoms with Crippen molar-refractivity contribution in [1.29, 1.82) is 0 Å². The maximum Gasteiger partial charge on any atom is 0.418 e. The van der Waals surface area contributed by atoms with E-state index in [-0.39, 0.29) is 0 Å². The summed E-state index contributed by atoms with van der Waals surface area (Å²) in [4.78, 5) is 1.89. The molecule has 0 amide bonds. The van der Waals surface area contributed by atoms with Crippen LogP contribution in [-0.4, -0.2) is 25.2 Å². The number of para-hydroxylation sites is 1. The number of hydrogen-bond acceptors (Lipinski definition) is 2. The number of benzene rings is 1. The number of nitrogens with zero attached hydrogens (tertiary/aromatic N) is 1. The number of alkyl halides is 3. The summed E-state index contributed by atoms with van der Waals surface area (Å²) in [6, 6.07) is 6.70. The van der Waals surface area contributed by atoms with Gasteiger partial charge in [-0.15, -0.1) is 0 Å². The third-order valence-electron chi connectivity index (χ3n) is 4.07. The summed E-state index contributed by atoms with van der Waals surface area (Å²) in [5, 5.41) is 3.49. The Morgan fingerprint density at radius 3 is 2.58 bits per heavy atom. The van der Waals surface area contributed by atoms with E-state index < -0.39 is 11.7 Å². The van der Waals surface area contributed by atoms with Crippen LogP contribution in [0.3, 0.4) is 0 Å². The summed E-state index contributed by atoms with van der Waals surface area (Å²) in [6.07, 6.45) is -1.15. The molecule has 1 aromatic carbocycles. The van der Waals surface area contributed by atoms with Crippen molar-refractivity contribution in [2.24, 2.45) is 0 Å². The molecule has 2 atom stereocenters. The highest BCUT2D eigenvalue weighted by atomic mass is 19.4. The van der Waals surface area contributed by atoms with Crippen LogP contribution in [0.5, 0.6) is 0 Å². The van der Waals surface area contributed by atoms with E-state index >= 15 is 0 Å². The highest BCUT2D eigenvalue weighted by Gasteiger charge is 2.36. The average Bonchev–Trinajstić information content (AvgIpc) is 2.68. The fourth-order valence-electron chi connectivity index (χ4n) is 3.15. The topological polar surface area (TPSA) is 15.3 Å². The molecule has 2 bridgehead atoms. The predicted octanol–water partition coefficient (Wildman–Crippen LogP) is 3.04. The van der Waals surface area contributed by atoms with Gasteiger partial charge in [0.2, 0.25) is 0 Å². The zero-order valence-electron chi connectivity index (χ0n) is 10.6. The molecule has 104 valence electrons. The van der Waals surface area contributed by atoms with Crippen LogP contribution >= 0.6 is 0 Å². The molecule has 5 heteroatoms. The van der Waals surface area contributed by atoms with Gasteiger partial charge in [-0.05, 0) is 31.4 Å². The number of rotatable bonds is 1. The molecule has 2 aliphatic rings. The molecular formula is C14H17F3N2. The summed E-state index contributed by atoms with van der Waals surface area (Å²) < 4.78 is 39.2. The van der Waals surface area contributed by atoms with E-state index in [4.69, 9.17) is 0 Å². The molecule has 2 heterocycles. The lowest BCUT2D eigenvalue weighted by Gasteiger charge is -2.29. The van der Waals surface area contributed by atoms with E-state index in [0.29, 0.717) is 30.9 Å². The van der Waals surface area contributed by atoms with Gasteiger partial charge in [-0.3, -0.25) is 0 Å². The van der Waals surface area contributed by atoms with Crippen LogP contribution in [0.4, 0.5) is 18.9 Å². The quantitative estimate of drug-likeness (QED) is 0.844. The Hall–Kier alpha value is -1.23. The molecule has 2 nitrogen and oxygen atoms in total. The minimum absolute atomic E-state index is 0.323. The van der Waals surface area contributed by atoms with Crippen molar-refractivity contribution in [3.8, 4) is 0 Å². The number of nitrogens with one attached hydrogen (secondary N) is 1. The molecule has 2 saturated heterocycles. The molecule has 2 aliphatic heterocycles. The van der Waals surface area contributed by atoms with Crippen LogP contribution in [-0.2, 0) is 6.18 Å². The molecule has 0 radical (unpaired) electrons. The minimum atomic E-state index is -4.28. The Kier molecular flexibility index (Phi) is 3.17. The lowest BCUT2D eigenvalue weighted by molar-refractivity contribution is -0.137. The van der Waals surface area contributed by atoms with Gasteiger partial charge < -0.3 is 10.2 Å². The summed E-state index contributed by atoms with van der Waals surface area (Å²) in [6.45, 7) is 1.37. The van der Waals surface area contributed by atoms with Crippen molar-refractivity contribution in [2.75, 3.05) is 18.0 Å². The van der Waals surface area contributed by atoms with E-state index in [0.717, 1.165) is 19.3 Å². The van der Waals surface area contributed by atoms with Gasteiger partial charge >= 0.3 is 6.18 Å². The van der Waals surface area contributed by atoms with Crippen molar-refractivity contribution >= 4 is 5.69 Å². The first-order chi connectivity index (χ1) is 9.04. The zero-order chi connectivity index (χ0) is 13.5. The van der Waals surface area contributed by atoms with Gasteiger partial charge in [0.05, 0.1) is 5.56 Å². The van der Waals surface area contributed by atoms with Gasteiger partial charge in [0, 0.05) is 30.9 Å². The molecule has 3 rings (SSSR count). The SMILES string of the molecule is FC(F)(F)c1ccccc1N1CCC2CCC(C1)N2. The normalized spacial score (nSPS) is 27.4. The van der Waals surface area contributed by atoms with Crippen molar-refractivity contribution in [1.82, 2.24) is 5.32 Å². The molecule has 1 aromatic rings. The van der Waals surface area contributed by atoms with Gasteiger partial charge in [0.15, 0.2) is 0 Å². The van der Waals surface area contributed by atoms with Crippen LogP contribution in [0, 0.1) is 0 Å². The Balaban J connectivity index is 1.89. The highest BCUT2D eigenvalue weighted by molar-refractivity contribution is 5.55. The second kappa shape index (κ2) is 4.71. The third kappa shape index (κ3) is 2.56. The van der Waals surface area contributed by atoms with Gasteiger partial charge in [0.25, 0.3) is 0 Å². The number of hydrogen-bond donors (Lipinski definition) is 1. The van der Waals surface area contributed by atoms with Crippen molar-refractivity contribution in [2.45, 2.75) is 37.5 Å². The fraction of sp³-hybridized carbons (Fsp3) is 0.571. The van der Waals surface area contributed by atoms with Crippen LogP contribution < -0.4 is 10.2 Å². The maximum atomic E-state index is 13.1. The van der Waals surface area contributed by atoms with E-state index in [2.05, 4.69) is 5.32 Å². The second-order valence-corrected chi connectivity index (χ2v) is 5.39. The third-order valence-corrected chi connectivity index (χ3v) is 4.07. The molecule has 2 fully saturated rings. The van der Waals surface area contributed by atoms with E-state index in [1.807, 2.05) is 4.90 Å². The van der Waals surface area contributed by atoms with E-state index in [1.54, 1.807) is 12.1 Å². The molecular weight excluding hydrogens is 253 g/mol. The average molecular weight is 270 g/mol. The number of halogens is 3. The lowest BCUT2D eigenvalue weighted by Crippen LogP contribution is -2.36. The largest absolute Gasteiger partial charge is 0.418 e. The van der Waals surface area contributed by atoms with E-state index in [1.165, 1.54) is 12.1 Å². The van der Waals surface area contributed by atoms with Crippen LogP contribution in [0.25, 0.3) is 0 Å². The monoisotopic (exact) mass is 270 g/mol. The molecule has 0 saturated carbocycles. The first-order valence-corrected chi connectivity index (χ1v) is 6.71. The van der Waals surface area contributed by atoms with Crippen LogP contribution in [0.15, 0.2) is 24.3 Å². The molecule has 2 unspecified atom stereocenters. The van der Waals surface area contributed by atoms with Crippen LogP contribution in [0.2, 0.25) is 0 Å². The Morgan fingerprint density at radius 1 is 1.05 bits per heavy atom. The Morgan fingerprint density at radius 2 is 1.79 bits per heavy atom. The second-order valence-electron chi connectivity index (χ2n) is 5.39.